The SMILES string of the molecule is CCCCCCCC[C@@H](O)[C@H]1O[C@H]1C(=O)NC1CC1. The Morgan fingerprint density at radius 2 is 1.95 bits per heavy atom. The monoisotopic (exact) mass is 269 g/mol. The van der Waals surface area contributed by atoms with Crippen LogP contribution in [0.1, 0.15) is 64.7 Å². The standard InChI is InChI=1S/C15H27NO3/c1-2-3-4-5-6-7-8-12(17)13-14(19-13)15(18)16-11-9-10-11/h11-14,17H,2-10H2,1H3,(H,16,18)/t12-,13-,14-/m1/s1. The predicted molar refractivity (Wildman–Crippen MR) is 73.8 cm³/mol. The van der Waals surface area contributed by atoms with Crippen molar-refractivity contribution < 1.29 is 14.6 Å². The van der Waals surface area contributed by atoms with E-state index in [9.17, 15) is 9.90 Å². The molecule has 2 rings (SSSR count). The van der Waals surface area contributed by atoms with Crippen LogP contribution in [0.3, 0.4) is 0 Å². The molecule has 0 aromatic heterocycles. The Labute approximate surface area is 115 Å². The minimum atomic E-state index is -0.471. The summed E-state index contributed by atoms with van der Waals surface area (Å²) in [4.78, 5) is 11.7. The maximum atomic E-state index is 11.7. The van der Waals surface area contributed by atoms with E-state index in [1.165, 1.54) is 32.1 Å². The van der Waals surface area contributed by atoms with E-state index in [1.807, 2.05) is 0 Å². The number of aliphatic hydroxyl groups is 1. The van der Waals surface area contributed by atoms with Crippen molar-refractivity contribution in [2.75, 3.05) is 0 Å². The first-order valence-corrected chi connectivity index (χ1v) is 7.86. The second-order valence-electron chi connectivity index (χ2n) is 5.93. The number of hydrogen-bond acceptors (Lipinski definition) is 3. The van der Waals surface area contributed by atoms with Crippen molar-refractivity contribution in [2.45, 2.75) is 89.1 Å². The van der Waals surface area contributed by atoms with E-state index in [0.29, 0.717) is 6.04 Å². The Bertz CT molecular complexity index is 291. The molecule has 110 valence electrons. The summed E-state index contributed by atoms with van der Waals surface area (Å²) in [5.74, 6) is -0.0329. The zero-order valence-electron chi connectivity index (χ0n) is 11.9. The molecule has 4 heteroatoms. The van der Waals surface area contributed by atoms with Crippen molar-refractivity contribution in [1.29, 1.82) is 0 Å². The first-order valence-electron chi connectivity index (χ1n) is 7.86. The van der Waals surface area contributed by atoms with Crippen LogP contribution in [0.4, 0.5) is 0 Å². The van der Waals surface area contributed by atoms with Gasteiger partial charge in [-0.15, -0.1) is 0 Å². The van der Waals surface area contributed by atoms with Crippen LogP contribution in [0.2, 0.25) is 0 Å². The maximum Gasteiger partial charge on any atom is 0.252 e. The average molecular weight is 269 g/mol. The van der Waals surface area contributed by atoms with Gasteiger partial charge in [0.15, 0.2) is 6.10 Å². The van der Waals surface area contributed by atoms with Gasteiger partial charge >= 0.3 is 0 Å². The van der Waals surface area contributed by atoms with Gasteiger partial charge in [-0.3, -0.25) is 4.79 Å². The number of hydrogen-bond donors (Lipinski definition) is 2. The van der Waals surface area contributed by atoms with Crippen molar-refractivity contribution in [3.05, 3.63) is 0 Å². The Balaban J connectivity index is 1.50. The smallest absolute Gasteiger partial charge is 0.252 e. The number of carbonyl (C=O) groups excluding carboxylic acids is 1. The second-order valence-corrected chi connectivity index (χ2v) is 5.93. The van der Waals surface area contributed by atoms with Gasteiger partial charge in [-0.1, -0.05) is 45.4 Å². The van der Waals surface area contributed by atoms with Gasteiger partial charge in [0.05, 0.1) is 6.10 Å². The molecular formula is C15H27NO3. The lowest BCUT2D eigenvalue weighted by Gasteiger charge is -2.07. The van der Waals surface area contributed by atoms with Gasteiger partial charge in [0.2, 0.25) is 0 Å². The summed E-state index contributed by atoms with van der Waals surface area (Å²) in [5.41, 5.74) is 0. The molecule has 2 fully saturated rings. The molecule has 1 saturated carbocycles. The zero-order valence-corrected chi connectivity index (χ0v) is 11.9. The Kier molecular flexibility index (Phi) is 5.64. The molecular weight excluding hydrogens is 242 g/mol. The number of carbonyl (C=O) groups is 1. The van der Waals surface area contributed by atoms with E-state index >= 15 is 0 Å². The van der Waals surface area contributed by atoms with Gasteiger partial charge in [-0.2, -0.15) is 0 Å². The number of ether oxygens (including phenoxy) is 1. The van der Waals surface area contributed by atoms with E-state index in [0.717, 1.165) is 25.7 Å². The number of aliphatic hydroxyl groups excluding tert-OH is 1. The lowest BCUT2D eigenvalue weighted by atomic mass is 10.0. The van der Waals surface area contributed by atoms with Gasteiger partial charge < -0.3 is 15.2 Å². The molecule has 0 spiro atoms. The quantitative estimate of drug-likeness (QED) is 0.472. The highest BCUT2D eigenvalue weighted by Gasteiger charge is 2.49. The van der Waals surface area contributed by atoms with Gasteiger partial charge in [-0.05, 0) is 19.3 Å². The maximum absolute atomic E-state index is 11.7. The molecule has 0 radical (unpaired) electrons. The van der Waals surface area contributed by atoms with Crippen LogP contribution in [-0.4, -0.2) is 35.4 Å². The zero-order chi connectivity index (χ0) is 13.7. The highest BCUT2D eigenvalue weighted by molar-refractivity contribution is 5.84. The third-order valence-corrected chi connectivity index (χ3v) is 3.94. The van der Waals surface area contributed by atoms with Crippen LogP contribution in [0.15, 0.2) is 0 Å². The molecule has 1 heterocycles. The molecule has 3 atom stereocenters. The van der Waals surface area contributed by atoms with Crippen LogP contribution < -0.4 is 5.32 Å². The number of unbranched alkanes of at least 4 members (excludes halogenated alkanes) is 5. The van der Waals surface area contributed by atoms with Crippen molar-refractivity contribution >= 4 is 5.91 Å². The number of rotatable bonds is 10. The minimum Gasteiger partial charge on any atom is -0.390 e. The van der Waals surface area contributed by atoms with Crippen LogP contribution in [-0.2, 0) is 9.53 Å². The second kappa shape index (κ2) is 7.25. The Morgan fingerprint density at radius 1 is 1.26 bits per heavy atom. The van der Waals surface area contributed by atoms with E-state index in [1.54, 1.807) is 0 Å². The molecule has 1 saturated heterocycles. The van der Waals surface area contributed by atoms with E-state index < -0.39 is 12.2 Å². The van der Waals surface area contributed by atoms with Gasteiger partial charge in [0.25, 0.3) is 5.91 Å². The van der Waals surface area contributed by atoms with Gasteiger partial charge in [0.1, 0.15) is 6.10 Å². The topological polar surface area (TPSA) is 61.9 Å². The molecule has 19 heavy (non-hydrogen) atoms. The fourth-order valence-electron chi connectivity index (χ4n) is 2.44. The van der Waals surface area contributed by atoms with Crippen LogP contribution in [0.5, 0.6) is 0 Å². The lowest BCUT2D eigenvalue weighted by molar-refractivity contribution is -0.122. The van der Waals surface area contributed by atoms with Crippen molar-refractivity contribution in [2.24, 2.45) is 0 Å². The summed E-state index contributed by atoms with van der Waals surface area (Å²) in [6.45, 7) is 2.21. The number of nitrogens with one attached hydrogen (secondary N) is 1. The summed E-state index contributed by atoms with van der Waals surface area (Å²) in [6, 6.07) is 0.369. The molecule has 2 N–H and O–H groups in total. The Hall–Kier alpha value is -0.610. The molecule has 2 aliphatic rings. The minimum absolute atomic E-state index is 0.0329. The summed E-state index contributed by atoms with van der Waals surface area (Å²) in [5, 5.41) is 12.9. The highest BCUT2D eigenvalue weighted by Crippen LogP contribution is 2.29. The first kappa shape index (κ1) is 14.8. The molecule has 1 aliphatic heterocycles. The van der Waals surface area contributed by atoms with Crippen LogP contribution in [0, 0.1) is 0 Å². The van der Waals surface area contributed by atoms with Crippen molar-refractivity contribution in [3.63, 3.8) is 0 Å². The fraction of sp³-hybridized carbons (Fsp3) is 0.933. The molecule has 1 amide bonds. The van der Waals surface area contributed by atoms with Crippen LogP contribution >= 0.6 is 0 Å². The third-order valence-electron chi connectivity index (χ3n) is 3.94. The molecule has 0 aromatic carbocycles. The summed E-state index contributed by atoms with van der Waals surface area (Å²) in [7, 11) is 0. The van der Waals surface area contributed by atoms with Crippen LogP contribution in [0.25, 0.3) is 0 Å². The van der Waals surface area contributed by atoms with Crippen molar-refractivity contribution in [3.8, 4) is 0 Å². The highest BCUT2D eigenvalue weighted by atomic mass is 16.6. The summed E-state index contributed by atoms with van der Waals surface area (Å²) in [6.07, 6.45) is 9.11. The van der Waals surface area contributed by atoms with Gasteiger partial charge in [0, 0.05) is 6.04 Å². The fourth-order valence-corrected chi connectivity index (χ4v) is 2.44. The van der Waals surface area contributed by atoms with Crippen molar-refractivity contribution in [1.82, 2.24) is 5.32 Å². The first-order chi connectivity index (χ1) is 9.22. The summed E-state index contributed by atoms with van der Waals surface area (Å²) >= 11 is 0. The molecule has 0 unspecified atom stereocenters. The molecule has 1 aliphatic carbocycles. The number of epoxide rings is 1. The van der Waals surface area contributed by atoms with E-state index in [2.05, 4.69) is 12.2 Å². The number of amides is 1. The predicted octanol–water partition coefficient (Wildman–Crippen LogP) is 2.14. The summed E-state index contributed by atoms with van der Waals surface area (Å²) < 4.78 is 5.30. The van der Waals surface area contributed by atoms with E-state index in [4.69, 9.17) is 4.74 Å². The third kappa shape index (κ3) is 5.11. The molecule has 0 bridgehead atoms. The lowest BCUT2D eigenvalue weighted by Crippen LogP contribution is -2.32. The Morgan fingerprint density at radius 3 is 2.63 bits per heavy atom. The van der Waals surface area contributed by atoms with E-state index in [-0.39, 0.29) is 12.0 Å². The molecule has 0 aromatic rings. The normalized spacial score (nSPS) is 27.1. The average Bonchev–Trinajstić information content (AvgIpc) is 3.25. The van der Waals surface area contributed by atoms with Gasteiger partial charge in [-0.25, -0.2) is 0 Å². The molecule has 4 nitrogen and oxygen atoms in total. The largest absolute Gasteiger partial charge is 0.390 e.